The number of aliphatic carboxylic acids is 1. The fourth-order valence-corrected chi connectivity index (χ4v) is 0.883. The van der Waals surface area contributed by atoms with E-state index in [0.717, 1.165) is 0 Å². The van der Waals surface area contributed by atoms with Crippen LogP contribution in [0.4, 0.5) is 0 Å². The molecule has 0 bridgehead atoms. The number of carbonyl (C=O) groups is 2. The molecule has 0 saturated carbocycles. The lowest BCUT2D eigenvalue weighted by Gasteiger charge is -2.09. The van der Waals surface area contributed by atoms with Crippen molar-refractivity contribution in [2.45, 2.75) is 39.2 Å². The summed E-state index contributed by atoms with van der Waals surface area (Å²) < 4.78 is 4.80. The number of ether oxygens (including phenoxy) is 1. The highest BCUT2D eigenvalue weighted by atomic mass is 16.5. The maximum Gasteiger partial charge on any atom is 0.303 e. The van der Waals surface area contributed by atoms with Crippen LogP contribution in [-0.2, 0) is 14.3 Å². The van der Waals surface area contributed by atoms with Crippen LogP contribution in [0.2, 0.25) is 0 Å². The van der Waals surface area contributed by atoms with Crippen LogP contribution in [-0.4, -0.2) is 23.1 Å². The van der Waals surface area contributed by atoms with Crippen molar-refractivity contribution >= 4 is 11.9 Å². The van der Waals surface area contributed by atoms with Gasteiger partial charge in [0, 0.05) is 13.3 Å². The fraction of sp³-hybridized carbons (Fsp3) is 0.750. The predicted molar refractivity (Wildman–Crippen MR) is 42.7 cm³/mol. The third-order valence-corrected chi connectivity index (χ3v) is 1.37. The molecule has 0 aromatic carbocycles. The Labute approximate surface area is 71.5 Å². The zero-order chi connectivity index (χ0) is 9.56. The van der Waals surface area contributed by atoms with E-state index in [0.29, 0.717) is 12.8 Å². The number of carboxylic acids is 1. The van der Waals surface area contributed by atoms with Gasteiger partial charge in [0.25, 0.3) is 0 Å². The summed E-state index contributed by atoms with van der Waals surface area (Å²) >= 11 is 0. The molecular formula is C8H14O4. The van der Waals surface area contributed by atoms with Gasteiger partial charge in [-0.25, -0.2) is 0 Å². The SMILES string of the molecule is CC(=O)OC(C)CCCC(=O)O. The molecule has 1 unspecified atom stereocenters. The number of carboxylic acid groups (broad SMARTS) is 1. The van der Waals surface area contributed by atoms with Crippen molar-refractivity contribution in [1.29, 1.82) is 0 Å². The highest BCUT2D eigenvalue weighted by molar-refractivity contribution is 5.66. The molecule has 1 atom stereocenters. The Morgan fingerprint density at radius 2 is 2.08 bits per heavy atom. The molecule has 0 saturated heterocycles. The largest absolute Gasteiger partial charge is 0.481 e. The second-order valence-corrected chi connectivity index (χ2v) is 2.71. The first-order valence-corrected chi connectivity index (χ1v) is 3.91. The van der Waals surface area contributed by atoms with Crippen LogP contribution in [0.1, 0.15) is 33.1 Å². The molecular weight excluding hydrogens is 160 g/mol. The van der Waals surface area contributed by atoms with Gasteiger partial charge in [0.15, 0.2) is 0 Å². The summed E-state index contributed by atoms with van der Waals surface area (Å²) in [6.45, 7) is 3.09. The van der Waals surface area contributed by atoms with Gasteiger partial charge in [0.2, 0.25) is 0 Å². The number of hydrogen-bond acceptors (Lipinski definition) is 3. The van der Waals surface area contributed by atoms with Crippen molar-refractivity contribution in [2.24, 2.45) is 0 Å². The Hall–Kier alpha value is -1.06. The monoisotopic (exact) mass is 174 g/mol. The molecule has 0 radical (unpaired) electrons. The maximum absolute atomic E-state index is 10.4. The molecule has 0 aromatic rings. The van der Waals surface area contributed by atoms with Gasteiger partial charge in [0.05, 0.1) is 6.10 Å². The third kappa shape index (κ3) is 7.05. The molecule has 0 aliphatic rings. The second kappa shape index (κ2) is 5.57. The molecule has 4 heteroatoms. The zero-order valence-electron chi connectivity index (χ0n) is 7.37. The van der Waals surface area contributed by atoms with E-state index < -0.39 is 5.97 Å². The van der Waals surface area contributed by atoms with Gasteiger partial charge in [-0.1, -0.05) is 0 Å². The van der Waals surface area contributed by atoms with Crippen molar-refractivity contribution in [3.05, 3.63) is 0 Å². The van der Waals surface area contributed by atoms with Crippen molar-refractivity contribution in [2.75, 3.05) is 0 Å². The summed E-state index contributed by atoms with van der Waals surface area (Å²) in [5, 5.41) is 8.30. The standard InChI is InChI=1S/C8H14O4/c1-6(12-7(2)9)4-3-5-8(10)11/h6H,3-5H2,1-2H3,(H,10,11). The highest BCUT2D eigenvalue weighted by Gasteiger charge is 2.05. The summed E-state index contributed by atoms with van der Waals surface area (Å²) in [5.41, 5.74) is 0. The lowest BCUT2D eigenvalue weighted by atomic mass is 10.2. The summed E-state index contributed by atoms with van der Waals surface area (Å²) in [7, 11) is 0. The van der Waals surface area contributed by atoms with Crippen LogP contribution < -0.4 is 0 Å². The van der Waals surface area contributed by atoms with Crippen LogP contribution in [0.5, 0.6) is 0 Å². The van der Waals surface area contributed by atoms with Gasteiger partial charge in [-0.3, -0.25) is 9.59 Å². The van der Waals surface area contributed by atoms with Crippen LogP contribution in [0.25, 0.3) is 0 Å². The molecule has 0 rings (SSSR count). The Balaban J connectivity index is 3.37. The molecule has 1 N–H and O–H groups in total. The lowest BCUT2D eigenvalue weighted by Crippen LogP contribution is -2.12. The summed E-state index contributed by atoms with van der Waals surface area (Å²) in [5.74, 6) is -1.14. The number of rotatable bonds is 5. The minimum absolute atomic E-state index is 0.131. The van der Waals surface area contributed by atoms with E-state index >= 15 is 0 Å². The number of esters is 1. The molecule has 4 nitrogen and oxygen atoms in total. The Kier molecular flexibility index (Phi) is 5.08. The Morgan fingerprint density at radius 1 is 1.50 bits per heavy atom. The molecule has 0 aliphatic carbocycles. The molecule has 0 spiro atoms. The number of hydrogen-bond donors (Lipinski definition) is 1. The van der Waals surface area contributed by atoms with Gasteiger partial charge in [-0.15, -0.1) is 0 Å². The van der Waals surface area contributed by atoms with E-state index in [2.05, 4.69) is 0 Å². The van der Waals surface area contributed by atoms with Gasteiger partial charge in [-0.05, 0) is 19.8 Å². The molecule has 0 heterocycles. The topological polar surface area (TPSA) is 63.6 Å². The lowest BCUT2D eigenvalue weighted by molar-refractivity contribution is -0.145. The Bertz CT molecular complexity index is 164. The van der Waals surface area contributed by atoms with Crippen molar-refractivity contribution in [1.82, 2.24) is 0 Å². The normalized spacial score (nSPS) is 12.2. The molecule has 0 amide bonds. The van der Waals surface area contributed by atoms with E-state index in [4.69, 9.17) is 9.84 Å². The first kappa shape index (κ1) is 10.9. The Morgan fingerprint density at radius 3 is 2.50 bits per heavy atom. The van der Waals surface area contributed by atoms with E-state index in [-0.39, 0.29) is 18.5 Å². The summed E-state index contributed by atoms with van der Waals surface area (Å²) in [6, 6.07) is 0. The fourth-order valence-electron chi connectivity index (χ4n) is 0.883. The molecule has 0 aromatic heterocycles. The van der Waals surface area contributed by atoms with Crippen LogP contribution in [0.3, 0.4) is 0 Å². The van der Waals surface area contributed by atoms with Gasteiger partial charge in [0.1, 0.15) is 0 Å². The third-order valence-electron chi connectivity index (χ3n) is 1.37. The van der Waals surface area contributed by atoms with Gasteiger partial charge >= 0.3 is 11.9 Å². The van der Waals surface area contributed by atoms with E-state index in [1.807, 2.05) is 0 Å². The van der Waals surface area contributed by atoms with E-state index in [1.165, 1.54) is 6.92 Å². The van der Waals surface area contributed by atoms with Gasteiger partial charge in [-0.2, -0.15) is 0 Å². The zero-order valence-corrected chi connectivity index (χ0v) is 7.37. The highest BCUT2D eigenvalue weighted by Crippen LogP contribution is 2.04. The van der Waals surface area contributed by atoms with Crippen LogP contribution >= 0.6 is 0 Å². The molecule has 70 valence electrons. The maximum atomic E-state index is 10.4. The molecule has 12 heavy (non-hydrogen) atoms. The average molecular weight is 174 g/mol. The van der Waals surface area contributed by atoms with E-state index in [1.54, 1.807) is 6.92 Å². The van der Waals surface area contributed by atoms with Gasteiger partial charge < -0.3 is 9.84 Å². The first-order valence-electron chi connectivity index (χ1n) is 3.91. The molecule has 0 fully saturated rings. The quantitative estimate of drug-likeness (QED) is 0.636. The van der Waals surface area contributed by atoms with Crippen molar-refractivity contribution < 1.29 is 19.4 Å². The van der Waals surface area contributed by atoms with Crippen LogP contribution in [0.15, 0.2) is 0 Å². The minimum Gasteiger partial charge on any atom is -0.481 e. The molecule has 0 aliphatic heterocycles. The summed E-state index contributed by atoms with van der Waals surface area (Å²) in [4.78, 5) is 20.5. The second-order valence-electron chi connectivity index (χ2n) is 2.71. The smallest absolute Gasteiger partial charge is 0.303 e. The van der Waals surface area contributed by atoms with Crippen molar-refractivity contribution in [3.63, 3.8) is 0 Å². The van der Waals surface area contributed by atoms with Crippen molar-refractivity contribution in [3.8, 4) is 0 Å². The summed E-state index contributed by atoms with van der Waals surface area (Å²) in [6.07, 6.45) is 1.10. The number of carbonyl (C=O) groups excluding carboxylic acids is 1. The van der Waals surface area contributed by atoms with E-state index in [9.17, 15) is 9.59 Å². The predicted octanol–water partition coefficient (Wildman–Crippen LogP) is 1.19. The first-order chi connectivity index (χ1) is 5.52. The minimum atomic E-state index is -0.815. The van der Waals surface area contributed by atoms with Crippen LogP contribution in [0, 0.1) is 0 Å². The average Bonchev–Trinajstić information content (AvgIpc) is 1.84.